The molecule has 0 saturated carbocycles. The third-order valence-corrected chi connectivity index (χ3v) is 4.71. The fourth-order valence-electron chi connectivity index (χ4n) is 1.36. The lowest BCUT2D eigenvalue weighted by molar-refractivity contribution is 0.0199. The second kappa shape index (κ2) is 7.85. The molecule has 2 N–H and O–H groups in total. The number of hydrogen-bond donors (Lipinski definition) is 2. The van der Waals surface area contributed by atoms with Crippen molar-refractivity contribution in [1.82, 2.24) is 10.0 Å². The first-order valence-corrected chi connectivity index (χ1v) is 7.90. The molecule has 9 heteroatoms. The molecule has 0 atom stereocenters. The van der Waals surface area contributed by atoms with Crippen LogP contribution in [0.25, 0.3) is 0 Å². The van der Waals surface area contributed by atoms with Crippen LogP contribution >= 0.6 is 11.3 Å². The summed E-state index contributed by atoms with van der Waals surface area (Å²) in [6.07, 6.45) is -2.55. The maximum absolute atomic E-state index is 12.0. The van der Waals surface area contributed by atoms with Crippen LogP contribution in [0, 0.1) is 0 Å². The Kier molecular flexibility index (Phi) is 6.80. The van der Waals surface area contributed by atoms with Crippen LogP contribution in [-0.4, -0.2) is 41.6 Å². The van der Waals surface area contributed by atoms with Gasteiger partial charge in [-0.05, 0) is 18.5 Å². The van der Waals surface area contributed by atoms with Gasteiger partial charge in [-0.1, -0.05) is 0 Å². The van der Waals surface area contributed by atoms with Crippen molar-refractivity contribution >= 4 is 21.4 Å². The van der Waals surface area contributed by atoms with Gasteiger partial charge in [0.05, 0.1) is 11.5 Å². The van der Waals surface area contributed by atoms with Crippen LogP contribution in [0.4, 0.5) is 8.78 Å². The van der Waals surface area contributed by atoms with E-state index in [1.54, 1.807) is 12.4 Å². The summed E-state index contributed by atoms with van der Waals surface area (Å²) >= 11 is 1.34. The number of halogens is 2. The molecule has 19 heavy (non-hydrogen) atoms. The Hall–Kier alpha value is -0.610. The van der Waals surface area contributed by atoms with Gasteiger partial charge >= 0.3 is 0 Å². The summed E-state index contributed by atoms with van der Waals surface area (Å²) in [5, 5.41) is 4.57. The zero-order valence-corrected chi connectivity index (χ0v) is 12.0. The third-order valence-electron chi connectivity index (χ3n) is 2.11. The second-order valence-electron chi connectivity index (χ2n) is 3.60. The molecule has 1 rings (SSSR count). The number of sulfonamides is 1. The van der Waals surface area contributed by atoms with E-state index in [-0.39, 0.29) is 18.0 Å². The van der Waals surface area contributed by atoms with Gasteiger partial charge < -0.3 is 10.1 Å². The first kappa shape index (κ1) is 16.4. The molecule has 0 aliphatic heterocycles. The average Bonchev–Trinajstić information content (AvgIpc) is 2.77. The van der Waals surface area contributed by atoms with Crippen LogP contribution in [0.1, 0.15) is 4.88 Å². The Labute approximate surface area is 115 Å². The highest BCUT2D eigenvalue weighted by molar-refractivity contribution is 7.89. The van der Waals surface area contributed by atoms with Crippen molar-refractivity contribution in [2.24, 2.45) is 0 Å². The number of alkyl halides is 2. The van der Waals surface area contributed by atoms with Gasteiger partial charge in [-0.3, -0.25) is 0 Å². The minimum absolute atomic E-state index is 0.0378. The Morgan fingerprint density at radius 1 is 1.47 bits per heavy atom. The lowest BCUT2D eigenvalue weighted by Gasteiger charge is -2.08. The summed E-state index contributed by atoms with van der Waals surface area (Å²) in [5.74, 6) is 0. The largest absolute Gasteiger partial charge is 0.374 e. The molecule has 0 aliphatic rings. The van der Waals surface area contributed by atoms with Gasteiger partial charge in [0, 0.05) is 18.0 Å². The summed E-state index contributed by atoms with van der Waals surface area (Å²) in [6.45, 7) is -0.361. The maximum atomic E-state index is 12.0. The fraction of sp³-hybridized carbons (Fsp3) is 0.600. The van der Waals surface area contributed by atoms with E-state index in [1.165, 1.54) is 17.4 Å². The summed E-state index contributed by atoms with van der Waals surface area (Å²) in [4.78, 5) is 0.907. The van der Waals surface area contributed by atoms with Crippen molar-refractivity contribution in [2.45, 2.75) is 17.9 Å². The van der Waals surface area contributed by atoms with E-state index in [4.69, 9.17) is 0 Å². The molecule has 110 valence electrons. The number of thiophene rings is 1. The topological polar surface area (TPSA) is 67.4 Å². The summed E-state index contributed by atoms with van der Waals surface area (Å²) < 4.78 is 54.4. The zero-order valence-electron chi connectivity index (χ0n) is 10.4. The Morgan fingerprint density at radius 2 is 2.21 bits per heavy atom. The Morgan fingerprint density at radius 3 is 2.84 bits per heavy atom. The van der Waals surface area contributed by atoms with Crippen molar-refractivity contribution < 1.29 is 21.9 Å². The highest BCUT2D eigenvalue weighted by Crippen LogP contribution is 2.21. The van der Waals surface area contributed by atoms with Gasteiger partial charge in [0.1, 0.15) is 6.61 Å². The minimum atomic E-state index is -3.62. The van der Waals surface area contributed by atoms with E-state index in [9.17, 15) is 17.2 Å². The van der Waals surface area contributed by atoms with Crippen molar-refractivity contribution in [1.29, 1.82) is 0 Å². The Balaban J connectivity index is 2.49. The van der Waals surface area contributed by atoms with Crippen LogP contribution < -0.4 is 10.0 Å². The Bertz CT molecular complexity index is 477. The van der Waals surface area contributed by atoms with Crippen molar-refractivity contribution in [3.05, 3.63) is 16.3 Å². The first-order valence-electron chi connectivity index (χ1n) is 5.54. The van der Waals surface area contributed by atoms with Crippen LogP contribution in [0.5, 0.6) is 0 Å². The van der Waals surface area contributed by atoms with Gasteiger partial charge in [0.15, 0.2) is 0 Å². The highest BCUT2D eigenvalue weighted by atomic mass is 32.2. The molecule has 0 fully saturated rings. The molecular formula is C10H16F2N2O3S2. The van der Waals surface area contributed by atoms with E-state index in [2.05, 4.69) is 14.8 Å². The first-order chi connectivity index (χ1) is 8.97. The molecule has 0 radical (unpaired) electrons. The molecule has 0 aromatic carbocycles. The van der Waals surface area contributed by atoms with E-state index in [0.717, 1.165) is 0 Å². The molecule has 1 aromatic rings. The molecule has 0 unspecified atom stereocenters. The smallest absolute Gasteiger partial charge is 0.261 e. The molecule has 0 bridgehead atoms. The van der Waals surface area contributed by atoms with Gasteiger partial charge in [0.2, 0.25) is 10.0 Å². The van der Waals surface area contributed by atoms with Crippen LogP contribution in [0.15, 0.2) is 16.3 Å². The molecule has 1 aromatic heterocycles. The molecule has 0 saturated heterocycles. The van der Waals surface area contributed by atoms with Crippen molar-refractivity contribution in [3.63, 3.8) is 0 Å². The van der Waals surface area contributed by atoms with Crippen LogP contribution in [-0.2, 0) is 21.3 Å². The fourth-order valence-corrected chi connectivity index (χ4v) is 3.82. The van der Waals surface area contributed by atoms with Crippen LogP contribution in [0.2, 0.25) is 0 Å². The summed E-state index contributed by atoms with van der Waals surface area (Å²) in [6, 6.07) is 1.51. The average molecular weight is 314 g/mol. The minimum Gasteiger partial charge on any atom is -0.374 e. The SMILES string of the molecule is CNCc1sccc1S(=O)(=O)NCCOCC(F)F. The van der Waals surface area contributed by atoms with Crippen LogP contribution in [0.3, 0.4) is 0 Å². The van der Waals surface area contributed by atoms with Gasteiger partial charge in [-0.2, -0.15) is 0 Å². The lowest BCUT2D eigenvalue weighted by atomic mass is 10.5. The normalized spacial score (nSPS) is 12.2. The summed E-state index contributed by atoms with van der Waals surface area (Å²) in [5.41, 5.74) is 0. The van der Waals surface area contributed by atoms with Gasteiger partial charge in [-0.15, -0.1) is 11.3 Å². The molecule has 5 nitrogen and oxygen atoms in total. The number of ether oxygens (including phenoxy) is 1. The molecule has 1 heterocycles. The lowest BCUT2D eigenvalue weighted by Crippen LogP contribution is -2.28. The molecule has 0 amide bonds. The molecule has 0 spiro atoms. The number of hydrogen-bond acceptors (Lipinski definition) is 5. The van der Waals surface area contributed by atoms with Crippen molar-refractivity contribution in [3.8, 4) is 0 Å². The van der Waals surface area contributed by atoms with E-state index in [0.29, 0.717) is 11.4 Å². The second-order valence-corrected chi connectivity index (χ2v) is 6.34. The third kappa shape index (κ3) is 5.49. The summed E-state index contributed by atoms with van der Waals surface area (Å²) in [7, 11) is -1.89. The quantitative estimate of drug-likeness (QED) is 0.668. The van der Waals surface area contributed by atoms with E-state index in [1.807, 2.05) is 0 Å². The van der Waals surface area contributed by atoms with E-state index < -0.39 is 23.1 Å². The predicted molar refractivity (Wildman–Crippen MR) is 69.1 cm³/mol. The molecule has 0 aliphatic carbocycles. The van der Waals surface area contributed by atoms with E-state index >= 15 is 0 Å². The highest BCUT2D eigenvalue weighted by Gasteiger charge is 2.18. The van der Waals surface area contributed by atoms with Gasteiger partial charge in [0.25, 0.3) is 6.43 Å². The number of rotatable bonds is 9. The van der Waals surface area contributed by atoms with Gasteiger partial charge in [-0.25, -0.2) is 21.9 Å². The monoisotopic (exact) mass is 314 g/mol. The molecular weight excluding hydrogens is 298 g/mol. The maximum Gasteiger partial charge on any atom is 0.261 e. The standard InChI is InChI=1S/C10H16F2N2O3S2/c1-13-6-8-9(2-5-18-8)19(15,16)14-3-4-17-7-10(11)12/h2,5,10,13-14H,3-4,6-7H2,1H3. The zero-order chi connectivity index (χ0) is 14.3. The van der Waals surface area contributed by atoms with Crippen molar-refractivity contribution in [2.75, 3.05) is 26.8 Å². The number of nitrogens with one attached hydrogen (secondary N) is 2. The predicted octanol–water partition coefficient (Wildman–Crippen LogP) is 1.03.